The van der Waals surface area contributed by atoms with Crippen LogP contribution in [0, 0.1) is 0 Å². The van der Waals surface area contributed by atoms with Crippen LogP contribution in [0.4, 0.5) is 5.69 Å². The van der Waals surface area contributed by atoms with Gasteiger partial charge in [0.05, 0.1) is 23.6 Å². The number of carbonyl (C=O) groups is 1. The number of hydrogen-bond acceptors (Lipinski definition) is 4. The Labute approximate surface area is 173 Å². The third kappa shape index (κ3) is 3.39. The van der Waals surface area contributed by atoms with Gasteiger partial charge in [0.2, 0.25) is 0 Å². The highest BCUT2D eigenvalue weighted by atomic mass is 35.5. The van der Waals surface area contributed by atoms with E-state index >= 15 is 0 Å². The smallest absolute Gasteiger partial charge is 0.257 e. The van der Waals surface area contributed by atoms with E-state index in [0.29, 0.717) is 17.1 Å². The van der Waals surface area contributed by atoms with Crippen molar-refractivity contribution < 1.29 is 9.53 Å². The summed E-state index contributed by atoms with van der Waals surface area (Å²) in [7, 11) is 0. The number of carbonyl (C=O) groups excluding carboxylic acids is 1. The number of amides is 1. The summed E-state index contributed by atoms with van der Waals surface area (Å²) in [6.07, 6.45) is 3.49. The molecule has 2 N–H and O–H groups in total. The summed E-state index contributed by atoms with van der Waals surface area (Å²) >= 11 is 6.05. The summed E-state index contributed by atoms with van der Waals surface area (Å²) in [5.74, 6) is 0.00288. The minimum atomic E-state index is -0.342. The monoisotopic (exact) mass is 408 g/mol. The van der Waals surface area contributed by atoms with Gasteiger partial charge in [0, 0.05) is 35.0 Å². The number of nitrogens with one attached hydrogen (secondary N) is 2. The van der Waals surface area contributed by atoms with Crippen molar-refractivity contribution in [1.82, 2.24) is 15.1 Å². The summed E-state index contributed by atoms with van der Waals surface area (Å²) in [5.41, 5.74) is 4.25. The van der Waals surface area contributed by atoms with E-state index in [2.05, 4.69) is 15.5 Å². The van der Waals surface area contributed by atoms with E-state index in [9.17, 15) is 4.79 Å². The lowest BCUT2D eigenvalue weighted by atomic mass is 10.0. The molecule has 6 nitrogen and oxygen atoms in total. The lowest BCUT2D eigenvalue weighted by Gasteiger charge is -2.39. The Morgan fingerprint density at radius 1 is 1.17 bits per heavy atom. The van der Waals surface area contributed by atoms with Crippen LogP contribution in [-0.4, -0.2) is 40.3 Å². The van der Waals surface area contributed by atoms with Crippen LogP contribution < -0.4 is 5.32 Å². The standard InChI is InChI=1S/C22H21ClN4O2/c23-15-9-7-14(8-10-15)20-18(12-24-26-20)21-25-19-6-2-1-5-17(19)22(28)27(21)13-16-4-3-11-29-16/h1-2,5-10,12,16,21,25H,3-4,11,13H2,(H,24,26). The quantitative estimate of drug-likeness (QED) is 0.668. The molecule has 3 heterocycles. The molecule has 1 aromatic heterocycles. The van der Waals surface area contributed by atoms with Crippen molar-refractivity contribution in [2.45, 2.75) is 25.1 Å². The minimum Gasteiger partial charge on any atom is -0.376 e. The number of fused-ring (bicyclic) bond motifs is 1. The number of para-hydroxylation sites is 1. The molecule has 29 heavy (non-hydrogen) atoms. The predicted molar refractivity (Wildman–Crippen MR) is 112 cm³/mol. The van der Waals surface area contributed by atoms with Gasteiger partial charge >= 0.3 is 0 Å². The molecule has 2 atom stereocenters. The molecule has 1 saturated heterocycles. The highest BCUT2D eigenvalue weighted by Gasteiger charge is 2.36. The third-order valence-corrected chi connectivity index (χ3v) is 5.79. The first-order chi connectivity index (χ1) is 14.2. The van der Waals surface area contributed by atoms with Gasteiger partial charge in [-0.2, -0.15) is 5.10 Å². The number of aromatic amines is 1. The van der Waals surface area contributed by atoms with Gasteiger partial charge in [-0.05, 0) is 37.1 Å². The summed E-state index contributed by atoms with van der Waals surface area (Å²) in [5, 5.41) is 11.6. The maximum absolute atomic E-state index is 13.4. The van der Waals surface area contributed by atoms with Crippen LogP contribution in [0.5, 0.6) is 0 Å². The molecule has 0 radical (unpaired) electrons. The molecule has 2 aromatic carbocycles. The molecule has 0 bridgehead atoms. The van der Waals surface area contributed by atoms with Crippen LogP contribution in [0.2, 0.25) is 5.02 Å². The molecule has 2 aliphatic rings. The molecule has 7 heteroatoms. The first-order valence-electron chi connectivity index (χ1n) is 9.78. The molecule has 0 aliphatic carbocycles. The van der Waals surface area contributed by atoms with Crippen LogP contribution in [0.1, 0.15) is 34.9 Å². The summed E-state index contributed by atoms with van der Waals surface area (Å²) < 4.78 is 5.83. The van der Waals surface area contributed by atoms with Crippen molar-refractivity contribution in [3.63, 3.8) is 0 Å². The first kappa shape index (κ1) is 18.2. The van der Waals surface area contributed by atoms with Crippen molar-refractivity contribution in [2.75, 3.05) is 18.5 Å². The topological polar surface area (TPSA) is 70.2 Å². The third-order valence-electron chi connectivity index (χ3n) is 5.54. The van der Waals surface area contributed by atoms with Crippen LogP contribution in [0.3, 0.4) is 0 Å². The number of nitrogens with zero attached hydrogens (tertiary/aromatic N) is 2. The van der Waals surface area contributed by atoms with Crippen molar-refractivity contribution in [3.8, 4) is 11.3 Å². The SMILES string of the molecule is O=C1c2ccccc2NC(c2cn[nH]c2-c2ccc(Cl)cc2)N1CC1CCCO1. The fourth-order valence-electron chi connectivity index (χ4n) is 4.08. The van der Waals surface area contributed by atoms with Gasteiger partial charge in [-0.15, -0.1) is 0 Å². The Balaban J connectivity index is 1.56. The second kappa shape index (κ2) is 7.54. The van der Waals surface area contributed by atoms with Gasteiger partial charge < -0.3 is 15.0 Å². The lowest BCUT2D eigenvalue weighted by Crippen LogP contribution is -2.46. The highest BCUT2D eigenvalue weighted by molar-refractivity contribution is 6.30. The van der Waals surface area contributed by atoms with E-state index in [4.69, 9.17) is 16.3 Å². The fraction of sp³-hybridized carbons (Fsp3) is 0.273. The lowest BCUT2D eigenvalue weighted by molar-refractivity contribution is 0.0427. The van der Waals surface area contributed by atoms with Gasteiger partial charge in [0.1, 0.15) is 6.17 Å². The zero-order chi connectivity index (χ0) is 19.8. The summed E-state index contributed by atoms with van der Waals surface area (Å²) in [6, 6.07) is 15.2. The van der Waals surface area contributed by atoms with E-state index in [0.717, 1.165) is 42.0 Å². The van der Waals surface area contributed by atoms with Gasteiger partial charge in [-0.25, -0.2) is 0 Å². The number of rotatable bonds is 4. The van der Waals surface area contributed by atoms with Crippen molar-refractivity contribution >= 4 is 23.2 Å². The Hall–Kier alpha value is -2.83. The Morgan fingerprint density at radius 2 is 2.00 bits per heavy atom. The largest absolute Gasteiger partial charge is 0.376 e. The van der Waals surface area contributed by atoms with Crippen molar-refractivity contribution in [2.24, 2.45) is 0 Å². The van der Waals surface area contributed by atoms with Crippen LogP contribution in [-0.2, 0) is 4.74 Å². The van der Waals surface area contributed by atoms with Crippen LogP contribution in [0.25, 0.3) is 11.3 Å². The number of anilines is 1. The number of benzene rings is 2. The Morgan fingerprint density at radius 3 is 2.79 bits per heavy atom. The number of aromatic nitrogens is 2. The van der Waals surface area contributed by atoms with E-state index in [1.807, 2.05) is 53.4 Å². The summed E-state index contributed by atoms with van der Waals surface area (Å²) in [6.45, 7) is 1.29. The average molecular weight is 409 g/mol. The molecule has 5 rings (SSSR count). The first-order valence-corrected chi connectivity index (χ1v) is 10.2. The number of hydrogen-bond donors (Lipinski definition) is 2. The van der Waals surface area contributed by atoms with Gasteiger partial charge in [-0.3, -0.25) is 9.89 Å². The van der Waals surface area contributed by atoms with Crippen molar-refractivity contribution in [1.29, 1.82) is 0 Å². The van der Waals surface area contributed by atoms with E-state index < -0.39 is 0 Å². The second-order valence-corrected chi connectivity index (χ2v) is 7.83. The molecule has 1 amide bonds. The molecule has 0 spiro atoms. The fourth-order valence-corrected chi connectivity index (χ4v) is 4.21. The Kier molecular flexibility index (Phi) is 4.73. The normalized spacial score (nSPS) is 21.1. The zero-order valence-electron chi connectivity index (χ0n) is 15.8. The minimum absolute atomic E-state index is 0.00288. The summed E-state index contributed by atoms with van der Waals surface area (Å²) in [4.78, 5) is 15.2. The average Bonchev–Trinajstić information content (AvgIpc) is 3.43. The molecular weight excluding hydrogens is 388 g/mol. The molecule has 1 fully saturated rings. The zero-order valence-corrected chi connectivity index (χ0v) is 16.5. The number of halogens is 1. The molecule has 0 saturated carbocycles. The van der Waals surface area contributed by atoms with Gasteiger partial charge in [0.15, 0.2) is 0 Å². The Bertz CT molecular complexity index is 1030. The van der Waals surface area contributed by atoms with E-state index in [-0.39, 0.29) is 18.2 Å². The predicted octanol–water partition coefficient (Wildman–Crippen LogP) is 4.48. The van der Waals surface area contributed by atoms with Gasteiger partial charge in [0.25, 0.3) is 5.91 Å². The van der Waals surface area contributed by atoms with E-state index in [1.165, 1.54) is 0 Å². The molecule has 148 valence electrons. The molecule has 2 unspecified atom stereocenters. The van der Waals surface area contributed by atoms with Gasteiger partial charge in [-0.1, -0.05) is 35.9 Å². The van der Waals surface area contributed by atoms with Crippen LogP contribution >= 0.6 is 11.6 Å². The van der Waals surface area contributed by atoms with Crippen LogP contribution in [0.15, 0.2) is 54.7 Å². The molecular formula is C22H21ClN4O2. The maximum atomic E-state index is 13.4. The molecule has 2 aliphatic heterocycles. The highest BCUT2D eigenvalue weighted by Crippen LogP contribution is 2.37. The maximum Gasteiger partial charge on any atom is 0.257 e. The van der Waals surface area contributed by atoms with E-state index in [1.54, 1.807) is 6.20 Å². The molecule has 3 aromatic rings. The van der Waals surface area contributed by atoms with Crippen molar-refractivity contribution in [3.05, 3.63) is 70.9 Å². The number of H-pyrrole nitrogens is 1. The second-order valence-electron chi connectivity index (χ2n) is 7.39. The number of ether oxygens (including phenoxy) is 1.